The van der Waals surface area contributed by atoms with Gasteiger partial charge < -0.3 is 10.4 Å². The van der Waals surface area contributed by atoms with Crippen LogP contribution >= 0.6 is 11.3 Å². The summed E-state index contributed by atoms with van der Waals surface area (Å²) in [6, 6.07) is 3.49. The molecule has 0 spiro atoms. The zero-order chi connectivity index (χ0) is 13.0. The lowest BCUT2D eigenvalue weighted by Crippen LogP contribution is -2.17. The molecule has 0 amide bonds. The van der Waals surface area contributed by atoms with Crippen LogP contribution in [-0.4, -0.2) is 21.6 Å². The Hall–Kier alpha value is -1.46. The number of aromatic hydroxyl groups is 1. The van der Waals surface area contributed by atoms with Gasteiger partial charge in [0.2, 0.25) is 0 Å². The van der Waals surface area contributed by atoms with Crippen LogP contribution in [0.2, 0.25) is 0 Å². The lowest BCUT2D eigenvalue weighted by atomic mass is 10.3. The third-order valence-corrected chi connectivity index (χ3v) is 3.59. The SMILES string of the molecule is Cc1csc(CCNCc2nc(C)ccc2O)n1. The molecule has 4 nitrogen and oxygen atoms in total. The summed E-state index contributed by atoms with van der Waals surface area (Å²) >= 11 is 1.69. The number of rotatable bonds is 5. The fourth-order valence-corrected chi connectivity index (χ4v) is 2.43. The monoisotopic (exact) mass is 263 g/mol. The van der Waals surface area contributed by atoms with E-state index in [9.17, 15) is 5.11 Å². The van der Waals surface area contributed by atoms with Crippen molar-refractivity contribution in [2.24, 2.45) is 0 Å². The predicted octanol–water partition coefficient (Wildman–Crippen LogP) is 2.19. The minimum absolute atomic E-state index is 0.248. The maximum absolute atomic E-state index is 9.64. The van der Waals surface area contributed by atoms with Gasteiger partial charge in [-0.25, -0.2) is 4.98 Å². The standard InChI is InChI=1S/C13H17N3OS/c1-9-3-4-12(17)11(15-9)7-14-6-5-13-16-10(2)8-18-13/h3-4,8,14,17H,5-7H2,1-2H3. The summed E-state index contributed by atoms with van der Waals surface area (Å²) < 4.78 is 0. The molecule has 0 aliphatic heterocycles. The van der Waals surface area contributed by atoms with Crippen LogP contribution in [0.25, 0.3) is 0 Å². The topological polar surface area (TPSA) is 58.0 Å². The smallest absolute Gasteiger partial charge is 0.138 e. The zero-order valence-corrected chi connectivity index (χ0v) is 11.4. The fourth-order valence-electron chi connectivity index (χ4n) is 1.65. The van der Waals surface area contributed by atoms with E-state index < -0.39 is 0 Å². The van der Waals surface area contributed by atoms with E-state index in [1.54, 1.807) is 23.5 Å². The van der Waals surface area contributed by atoms with Gasteiger partial charge in [0.15, 0.2) is 0 Å². The van der Waals surface area contributed by atoms with Crippen molar-refractivity contribution < 1.29 is 5.11 Å². The van der Waals surface area contributed by atoms with E-state index in [4.69, 9.17) is 0 Å². The van der Waals surface area contributed by atoms with E-state index in [0.29, 0.717) is 12.2 Å². The van der Waals surface area contributed by atoms with Gasteiger partial charge in [-0.2, -0.15) is 0 Å². The molecular formula is C13H17N3OS. The minimum Gasteiger partial charge on any atom is -0.506 e. The number of hydrogen-bond acceptors (Lipinski definition) is 5. The van der Waals surface area contributed by atoms with Gasteiger partial charge >= 0.3 is 0 Å². The van der Waals surface area contributed by atoms with Crippen molar-refractivity contribution in [1.82, 2.24) is 15.3 Å². The van der Waals surface area contributed by atoms with Gasteiger partial charge in [0.25, 0.3) is 0 Å². The molecule has 5 heteroatoms. The van der Waals surface area contributed by atoms with E-state index in [1.807, 2.05) is 13.8 Å². The van der Waals surface area contributed by atoms with E-state index in [1.165, 1.54) is 0 Å². The Morgan fingerprint density at radius 1 is 1.22 bits per heavy atom. The number of aryl methyl sites for hydroxylation is 2. The Morgan fingerprint density at radius 2 is 2.06 bits per heavy atom. The molecule has 18 heavy (non-hydrogen) atoms. The van der Waals surface area contributed by atoms with Gasteiger partial charge in [-0.05, 0) is 26.0 Å². The Labute approximate surface area is 111 Å². The van der Waals surface area contributed by atoms with Gasteiger partial charge in [0, 0.05) is 36.3 Å². The first-order valence-corrected chi connectivity index (χ1v) is 6.80. The van der Waals surface area contributed by atoms with Crippen LogP contribution in [0.1, 0.15) is 22.1 Å². The van der Waals surface area contributed by atoms with Crippen LogP contribution in [0, 0.1) is 13.8 Å². The Kier molecular flexibility index (Phi) is 4.28. The molecule has 0 saturated heterocycles. The summed E-state index contributed by atoms with van der Waals surface area (Å²) in [5, 5.41) is 16.1. The number of pyridine rings is 1. The van der Waals surface area contributed by atoms with Crippen molar-refractivity contribution in [2.45, 2.75) is 26.8 Å². The molecule has 96 valence electrons. The van der Waals surface area contributed by atoms with E-state index in [2.05, 4.69) is 20.7 Å². The summed E-state index contributed by atoms with van der Waals surface area (Å²) in [5.41, 5.74) is 2.69. The number of thiazole rings is 1. The highest BCUT2D eigenvalue weighted by molar-refractivity contribution is 7.09. The molecule has 0 saturated carbocycles. The first-order chi connectivity index (χ1) is 8.65. The van der Waals surface area contributed by atoms with E-state index in [-0.39, 0.29) is 5.75 Å². The van der Waals surface area contributed by atoms with Crippen molar-refractivity contribution >= 4 is 11.3 Å². The largest absolute Gasteiger partial charge is 0.506 e. The lowest BCUT2D eigenvalue weighted by molar-refractivity contribution is 0.459. The third-order valence-electron chi connectivity index (χ3n) is 2.56. The molecule has 2 N–H and O–H groups in total. The van der Waals surface area contributed by atoms with Crippen LogP contribution in [0.5, 0.6) is 5.75 Å². The molecule has 0 unspecified atom stereocenters. The van der Waals surface area contributed by atoms with Gasteiger partial charge in [-0.15, -0.1) is 11.3 Å². The molecule has 2 heterocycles. The van der Waals surface area contributed by atoms with E-state index >= 15 is 0 Å². The molecule has 0 fully saturated rings. The second kappa shape index (κ2) is 5.93. The van der Waals surface area contributed by atoms with Crippen LogP contribution in [0.15, 0.2) is 17.5 Å². The van der Waals surface area contributed by atoms with Crippen molar-refractivity contribution in [2.75, 3.05) is 6.54 Å². The molecule has 2 rings (SSSR count). The summed E-state index contributed by atoms with van der Waals surface area (Å²) in [4.78, 5) is 8.70. The fraction of sp³-hybridized carbons (Fsp3) is 0.385. The first-order valence-electron chi connectivity index (χ1n) is 5.92. The normalized spacial score (nSPS) is 10.8. The Balaban J connectivity index is 1.80. The number of aromatic nitrogens is 2. The second-order valence-corrected chi connectivity index (χ2v) is 5.17. The summed E-state index contributed by atoms with van der Waals surface area (Å²) in [6.07, 6.45) is 0.908. The highest BCUT2D eigenvalue weighted by Gasteiger charge is 2.03. The maximum atomic E-state index is 9.64. The quantitative estimate of drug-likeness (QED) is 0.812. The van der Waals surface area contributed by atoms with Gasteiger partial charge in [0.1, 0.15) is 5.75 Å². The van der Waals surface area contributed by atoms with Crippen LogP contribution in [-0.2, 0) is 13.0 Å². The van der Waals surface area contributed by atoms with Crippen molar-refractivity contribution in [3.05, 3.63) is 39.6 Å². The molecule has 0 atom stereocenters. The molecule has 0 aliphatic carbocycles. The average molecular weight is 263 g/mol. The number of hydrogen-bond donors (Lipinski definition) is 2. The summed E-state index contributed by atoms with van der Waals surface area (Å²) in [6.45, 7) is 5.34. The van der Waals surface area contributed by atoms with Crippen LogP contribution in [0.4, 0.5) is 0 Å². The zero-order valence-electron chi connectivity index (χ0n) is 10.6. The highest BCUT2D eigenvalue weighted by Crippen LogP contribution is 2.14. The van der Waals surface area contributed by atoms with Crippen molar-refractivity contribution in [1.29, 1.82) is 0 Å². The number of nitrogens with one attached hydrogen (secondary N) is 1. The second-order valence-electron chi connectivity index (χ2n) is 4.23. The Bertz CT molecular complexity index is 525. The van der Waals surface area contributed by atoms with Gasteiger partial charge in [0.05, 0.1) is 10.7 Å². The molecule has 0 aliphatic rings. The molecule has 0 radical (unpaired) electrons. The summed E-state index contributed by atoms with van der Waals surface area (Å²) in [7, 11) is 0. The van der Waals surface area contributed by atoms with Crippen molar-refractivity contribution in [3.8, 4) is 5.75 Å². The van der Waals surface area contributed by atoms with Gasteiger partial charge in [-0.3, -0.25) is 4.98 Å². The Morgan fingerprint density at radius 3 is 2.78 bits per heavy atom. The van der Waals surface area contributed by atoms with Crippen LogP contribution < -0.4 is 5.32 Å². The molecular weight excluding hydrogens is 246 g/mol. The lowest BCUT2D eigenvalue weighted by Gasteiger charge is -2.06. The molecule has 2 aromatic heterocycles. The first kappa shape index (κ1) is 13.0. The predicted molar refractivity (Wildman–Crippen MR) is 72.9 cm³/mol. The molecule has 2 aromatic rings. The molecule has 0 aromatic carbocycles. The average Bonchev–Trinajstić information content (AvgIpc) is 2.75. The van der Waals surface area contributed by atoms with Crippen molar-refractivity contribution in [3.63, 3.8) is 0 Å². The number of nitrogens with zero attached hydrogens (tertiary/aromatic N) is 2. The van der Waals surface area contributed by atoms with Crippen LogP contribution in [0.3, 0.4) is 0 Å². The summed E-state index contributed by atoms with van der Waals surface area (Å²) in [5.74, 6) is 0.248. The minimum atomic E-state index is 0.248. The maximum Gasteiger partial charge on any atom is 0.138 e. The van der Waals surface area contributed by atoms with E-state index in [0.717, 1.165) is 29.4 Å². The highest BCUT2D eigenvalue weighted by atomic mass is 32.1. The third kappa shape index (κ3) is 3.51. The van der Waals surface area contributed by atoms with Gasteiger partial charge in [-0.1, -0.05) is 0 Å². The molecule has 0 bridgehead atoms.